The molecule has 3 rings (SSSR count). The lowest BCUT2D eigenvalue weighted by molar-refractivity contribution is 0.783. The number of nitrogens with zero attached hydrogens (tertiary/aromatic N) is 1. The van der Waals surface area contributed by atoms with Crippen LogP contribution in [-0.4, -0.2) is 16.5 Å². The highest BCUT2D eigenvalue weighted by Gasteiger charge is 2.15. The first-order chi connectivity index (χ1) is 9.34. The van der Waals surface area contributed by atoms with Gasteiger partial charge >= 0.3 is 0 Å². The number of halogens is 1. The Labute approximate surface area is 122 Å². The van der Waals surface area contributed by atoms with Gasteiger partial charge in [-0.25, -0.2) is 4.98 Å². The average Bonchev–Trinajstić information content (AvgIpc) is 2.82. The number of nitrogens with one attached hydrogen (secondary N) is 2. The van der Waals surface area contributed by atoms with E-state index in [0.717, 1.165) is 28.9 Å². The molecule has 19 heavy (non-hydrogen) atoms. The molecule has 1 aromatic heterocycles. The summed E-state index contributed by atoms with van der Waals surface area (Å²) in [5.41, 5.74) is 3.87. The first-order valence-electron chi connectivity index (χ1n) is 6.51. The number of imidazole rings is 1. The Morgan fingerprint density at radius 3 is 3.11 bits per heavy atom. The molecule has 3 nitrogen and oxygen atoms in total. The van der Waals surface area contributed by atoms with Crippen molar-refractivity contribution in [2.45, 2.75) is 30.2 Å². The first kappa shape index (κ1) is 12.9. The zero-order chi connectivity index (χ0) is 13.1. The maximum Gasteiger partial charge on any atom is 0.165 e. The fourth-order valence-corrected chi connectivity index (χ4v) is 3.61. The van der Waals surface area contributed by atoms with E-state index < -0.39 is 0 Å². The number of rotatable bonds is 3. The molecule has 1 aromatic carbocycles. The van der Waals surface area contributed by atoms with Crippen molar-refractivity contribution in [3.63, 3.8) is 0 Å². The second-order valence-electron chi connectivity index (χ2n) is 4.62. The highest BCUT2D eigenvalue weighted by molar-refractivity contribution is 7.98. The van der Waals surface area contributed by atoms with Crippen molar-refractivity contribution in [3.05, 3.63) is 40.7 Å². The van der Waals surface area contributed by atoms with E-state index in [1.165, 1.54) is 29.7 Å². The molecule has 0 spiro atoms. The number of anilines is 1. The lowest BCUT2D eigenvalue weighted by Gasteiger charge is -2.14. The van der Waals surface area contributed by atoms with Crippen LogP contribution >= 0.6 is 23.4 Å². The number of hydrogen-bond acceptors (Lipinski definition) is 3. The predicted octanol–water partition coefficient (Wildman–Crippen LogP) is 4.10. The first-order valence-corrected chi connectivity index (χ1v) is 7.87. The van der Waals surface area contributed by atoms with Crippen LogP contribution in [0.15, 0.2) is 29.7 Å². The minimum Gasteiger partial charge on any atom is -0.385 e. The smallest absolute Gasteiger partial charge is 0.165 e. The molecule has 0 saturated heterocycles. The van der Waals surface area contributed by atoms with E-state index in [-0.39, 0.29) is 0 Å². The number of thioether (sulfide) groups is 1. The fraction of sp³-hybridized carbons (Fsp3) is 0.357. The predicted molar refractivity (Wildman–Crippen MR) is 81.0 cm³/mol. The summed E-state index contributed by atoms with van der Waals surface area (Å²) in [6.45, 7) is 1.05. The Bertz CT molecular complexity index is 554. The van der Waals surface area contributed by atoms with Crippen molar-refractivity contribution in [2.24, 2.45) is 0 Å². The van der Waals surface area contributed by atoms with E-state index in [4.69, 9.17) is 11.6 Å². The normalized spacial score (nSPS) is 14.6. The van der Waals surface area contributed by atoms with Crippen molar-refractivity contribution in [3.8, 4) is 0 Å². The van der Waals surface area contributed by atoms with Crippen LogP contribution in [-0.2, 0) is 12.2 Å². The molecule has 1 aliphatic rings. The summed E-state index contributed by atoms with van der Waals surface area (Å²) in [6, 6.07) is 4.10. The molecule has 0 bridgehead atoms. The maximum absolute atomic E-state index is 6.38. The standard InChI is InChI=1S/C14H16ClN3S/c15-12-4-5-13-10(3-1-2-6-16-13)11(12)9-19-14-17-7-8-18-14/h4-5,7-8,16H,1-3,6,9H2,(H,17,18). The molecule has 0 unspecified atom stereocenters. The van der Waals surface area contributed by atoms with Gasteiger partial charge in [-0.1, -0.05) is 23.4 Å². The van der Waals surface area contributed by atoms with Gasteiger partial charge in [-0.3, -0.25) is 0 Å². The van der Waals surface area contributed by atoms with E-state index >= 15 is 0 Å². The van der Waals surface area contributed by atoms with Crippen LogP contribution in [0, 0.1) is 0 Å². The minimum absolute atomic E-state index is 0.858. The van der Waals surface area contributed by atoms with Crippen molar-refractivity contribution >= 4 is 29.1 Å². The zero-order valence-corrected chi connectivity index (χ0v) is 12.2. The Morgan fingerprint density at radius 2 is 2.26 bits per heavy atom. The molecule has 0 aliphatic carbocycles. The molecule has 2 heterocycles. The Morgan fingerprint density at radius 1 is 1.32 bits per heavy atom. The Kier molecular flexibility index (Phi) is 3.99. The highest BCUT2D eigenvalue weighted by atomic mass is 35.5. The van der Waals surface area contributed by atoms with Gasteiger partial charge in [-0.15, -0.1) is 0 Å². The molecule has 0 saturated carbocycles. The van der Waals surface area contributed by atoms with Crippen LogP contribution in [0.2, 0.25) is 5.02 Å². The van der Waals surface area contributed by atoms with Crippen molar-refractivity contribution in [2.75, 3.05) is 11.9 Å². The fourth-order valence-electron chi connectivity index (χ4n) is 2.39. The third-order valence-corrected chi connectivity index (χ3v) is 4.65. The van der Waals surface area contributed by atoms with E-state index in [2.05, 4.69) is 21.4 Å². The molecule has 0 atom stereocenters. The van der Waals surface area contributed by atoms with Crippen LogP contribution in [0.3, 0.4) is 0 Å². The number of H-pyrrole nitrogens is 1. The number of benzene rings is 1. The molecular formula is C14H16ClN3S. The molecule has 5 heteroatoms. The molecular weight excluding hydrogens is 278 g/mol. The lowest BCUT2D eigenvalue weighted by atomic mass is 10.0. The molecule has 0 amide bonds. The van der Waals surface area contributed by atoms with Gasteiger partial charge in [0.1, 0.15) is 0 Å². The third kappa shape index (κ3) is 2.90. The molecule has 0 fully saturated rings. The van der Waals surface area contributed by atoms with Crippen LogP contribution in [0.5, 0.6) is 0 Å². The summed E-state index contributed by atoms with van der Waals surface area (Å²) >= 11 is 8.08. The Balaban J connectivity index is 1.86. The monoisotopic (exact) mass is 293 g/mol. The van der Waals surface area contributed by atoms with Gasteiger partial charge in [0.25, 0.3) is 0 Å². The van der Waals surface area contributed by atoms with E-state index in [1.807, 2.05) is 12.3 Å². The van der Waals surface area contributed by atoms with Crippen LogP contribution in [0.4, 0.5) is 5.69 Å². The highest BCUT2D eigenvalue weighted by Crippen LogP contribution is 2.34. The summed E-state index contributed by atoms with van der Waals surface area (Å²) in [5.74, 6) is 0.858. The third-order valence-electron chi connectivity index (χ3n) is 3.37. The minimum atomic E-state index is 0.858. The summed E-state index contributed by atoms with van der Waals surface area (Å²) < 4.78 is 0. The number of hydrogen-bond donors (Lipinski definition) is 2. The van der Waals surface area contributed by atoms with E-state index in [1.54, 1.807) is 18.0 Å². The summed E-state index contributed by atoms with van der Waals surface area (Å²) in [4.78, 5) is 7.35. The van der Waals surface area contributed by atoms with Gasteiger partial charge in [-0.05, 0) is 42.5 Å². The zero-order valence-electron chi connectivity index (χ0n) is 10.6. The molecule has 1 aliphatic heterocycles. The van der Waals surface area contributed by atoms with E-state index in [0.29, 0.717) is 0 Å². The van der Waals surface area contributed by atoms with Gasteiger partial charge < -0.3 is 10.3 Å². The van der Waals surface area contributed by atoms with Gasteiger partial charge in [0.2, 0.25) is 0 Å². The largest absolute Gasteiger partial charge is 0.385 e. The molecule has 2 aromatic rings. The second-order valence-corrected chi connectivity index (χ2v) is 5.99. The summed E-state index contributed by atoms with van der Waals surface area (Å²) in [5, 5.41) is 5.30. The average molecular weight is 294 g/mol. The molecule has 100 valence electrons. The number of aromatic amines is 1. The van der Waals surface area contributed by atoms with Crippen LogP contribution in [0.25, 0.3) is 0 Å². The number of aromatic nitrogens is 2. The SMILES string of the molecule is Clc1ccc2c(c1CSc1ncc[nH]1)CCCCN2. The van der Waals surface area contributed by atoms with Crippen LogP contribution < -0.4 is 5.32 Å². The van der Waals surface area contributed by atoms with Crippen molar-refractivity contribution < 1.29 is 0 Å². The topological polar surface area (TPSA) is 40.7 Å². The quantitative estimate of drug-likeness (QED) is 0.837. The van der Waals surface area contributed by atoms with Gasteiger partial charge in [0.15, 0.2) is 5.16 Å². The Hall–Kier alpha value is -1.13. The van der Waals surface area contributed by atoms with Crippen molar-refractivity contribution in [1.82, 2.24) is 9.97 Å². The molecule has 0 radical (unpaired) electrons. The maximum atomic E-state index is 6.38. The summed E-state index contributed by atoms with van der Waals surface area (Å²) in [6.07, 6.45) is 7.17. The van der Waals surface area contributed by atoms with Crippen LogP contribution in [0.1, 0.15) is 24.0 Å². The summed E-state index contributed by atoms with van der Waals surface area (Å²) in [7, 11) is 0. The van der Waals surface area contributed by atoms with Gasteiger partial charge in [0, 0.05) is 35.4 Å². The van der Waals surface area contributed by atoms with Gasteiger partial charge in [0.05, 0.1) is 0 Å². The van der Waals surface area contributed by atoms with Crippen molar-refractivity contribution in [1.29, 1.82) is 0 Å². The molecule has 2 N–H and O–H groups in total. The lowest BCUT2D eigenvalue weighted by Crippen LogP contribution is -2.01. The van der Waals surface area contributed by atoms with E-state index in [9.17, 15) is 0 Å². The second kappa shape index (κ2) is 5.88. The van der Waals surface area contributed by atoms with Gasteiger partial charge in [-0.2, -0.15) is 0 Å². The number of fused-ring (bicyclic) bond motifs is 1.